The Hall–Kier alpha value is -2.86. The molecule has 1 amide bonds. The number of rotatable bonds is 3. The van der Waals surface area contributed by atoms with Gasteiger partial charge in [-0.3, -0.25) is 4.79 Å². The number of aromatic nitrogens is 1. The van der Waals surface area contributed by atoms with Gasteiger partial charge in [0, 0.05) is 17.5 Å². The molecule has 132 valence electrons. The Bertz CT molecular complexity index is 957. The molecular formula is C20H18N2O3S. The van der Waals surface area contributed by atoms with Crippen LogP contribution >= 0.6 is 11.3 Å². The van der Waals surface area contributed by atoms with Crippen LogP contribution < -0.4 is 5.32 Å². The predicted octanol–water partition coefficient (Wildman–Crippen LogP) is 3.89. The number of phenolic OH excluding ortho intramolecular Hbond substituents is 2. The van der Waals surface area contributed by atoms with E-state index in [1.54, 1.807) is 18.3 Å². The van der Waals surface area contributed by atoms with Gasteiger partial charge in [0.05, 0.1) is 5.41 Å². The SMILES string of the molecule is C[C@@]1(C(=O)Nc2nccs2)Cc2cc(O)c(O)cc2[C@@H]1c1ccccc1. The Balaban J connectivity index is 1.81. The lowest BCUT2D eigenvalue weighted by atomic mass is 9.73. The highest BCUT2D eigenvalue weighted by atomic mass is 32.1. The van der Waals surface area contributed by atoms with Gasteiger partial charge in [-0.15, -0.1) is 11.3 Å². The molecule has 3 N–H and O–H groups in total. The first-order valence-electron chi connectivity index (χ1n) is 8.29. The van der Waals surface area contributed by atoms with E-state index in [1.165, 1.54) is 11.3 Å². The number of anilines is 1. The molecule has 4 rings (SSSR count). The topological polar surface area (TPSA) is 82.5 Å². The minimum absolute atomic E-state index is 0.128. The summed E-state index contributed by atoms with van der Waals surface area (Å²) >= 11 is 1.37. The molecule has 0 fully saturated rings. The highest BCUT2D eigenvalue weighted by Gasteiger charge is 2.49. The second-order valence-electron chi connectivity index (χ2n) is 6.77. The summed E-state index contributed by atoms with van der Waals surface area (Å²) in [5.41, 5.74) is 1.96. The summed E-state index contributed by atoms with van der Waals surface area (Å²) in [5, 5.41) is 25.2. The zero-order chi connectivity index (χ0) is 18.3. The van der Waals surface area contributed by atoms with Crippen LogP contribution in [0.15, 0.2) is 54.0 Å². The molecule has 6 heteroatoms. The standard InChI is InChI=1S/C20H18N2O3S/c1-20(18(25)22-19-21-7-8-26-19)11-13-9-15(23)16(24)10-14(13)17(20)12-5-3-2-4-6-12/h2-10,17,23-24H,11H2,1H3,(H,21,22,25)/t17-,20+/m0/s1. The molecule has 0 aliphatic heterocycles. The number of hydrogen-bond acceptors (Lipinski definition) is 5. The third-order valence-electron chi connectivity index (χ3n) is 5.05. The van der Waals surface area contributed by atoms with E-state index < -0.39 is 5.41 Å². The zero-order valence-electron chi connectivity index (χ0n) is 14.1. The van der Waals surface area contributed by atoms with E-state index in [1.807, 2.05) is 42.6 Å². The fourth-order valence-electron chi connectivity index (χ4n) is 3.83. The van der Waals surface area contributed by atoms with Gasteiger partial charge in [-0.1, -0.05) is 30.3 Å². The van der Waals surface area contributed by atoms with Gasteiger partial charge in [-0.2, -0.15) is 0 Å². The summed E-state index contributed by atoms with van der Waals surface area (Å²) in [6.45, 7) is 1.92. The molecule has 0 spiro atoms. The van der Waals surface area contributed by atoms with E-state index >= 15 is 0 Å². The smallest absolute Gasteiger partial charge is 0.233 e. The van der Waals surface area contributed by atoms with E-state index in [9.17, 15) is 15.0 Å². The third kappa shape index (κ3) is 2.63. The molecule has 1 aliphatic rings. The fraction of sp³-hybridized carbons (Fsp3) is 0.200. The van der Waals surface area contributed by atoms with Gasteiger partial charge < -0.3 is 15.5 Å². The molecule has 2 atom stereocenters. The van der Waals surface area contributed by atoms with Crippen molar-refractivity contribution in [2.45, 2.75) is 19.3 Å². The Morgan fingerprint density at radius 1 is 1.23 bits per heavy atom. The van der Waals surface area contributed by atoms with Crippen molar-refractivity contribution in [3.63, 3.8) is 0 Å². The van der Waals surface area contributed by atoms with Crippen molar-refractivity contribution >= 4 is 22.4 Å². The monoisotopic (exact) mass is 366 g/mol. The summed E-state index contributed by atoms with van der Waals surface area (Å²) in [4.78, 5) is 17.3. The Labute approximate surface area is 155 Å². The van der Waals surface area contributed by atoms with Crippen LogP contribution in [0.2, 0.25) is 0 Å². The molecule has 1 aromatic heterocycles. The summed E-state index contributed by atoms with van der Waals surface area (Å²) in [7, 11) is 0. The molecule has 1 aliphatic carbocycles. The predicted molar refractivity (Wildman–Crippen MR) is 101 cm³/mol. The molecule has 3 aromatic rings. The highest BCUT2D eigenvalue weighted by molar-refractivity contribution is 7.13. The van der Waals surface area contributed by atoms with Crippen molar-refractivity contribution in [2.24, 2.45) is 5.41 Å². The lowest BCUT2D eigenvalue weighted by molar-refractivity contribution is -0.125. The molecule has 0 radical (unpaired) electrons. The van der Waals surface area contributed by atoms with Crippen LogP contribution in [-0.4, -0.2) is 21.1 Å². The molecule has 0 bridgehead atoms. The van der Waals surface area contributed by atoms with Gasteiger partial charge >= 0.3 is 0 Å². The number of amides is 1. The minimum atomic E-state index is -0.768. The van der Waals surface area contributed by atoms with E-state index in [2.05, 4.69) is 10.3 Å². The Morgan fingerprint density at radius 2 is 1.96 bits per heavy atom. The van der Waals surface area contributed by atoms with Crippen LogP contribution in [-0.2, 0) is 11.2 Å². The molecule has 5 nitrogen and oxygen atoms in total. The number of nitrogens with zero attached hydrogens (tertiary/aromatic N) is 1. The van der Waals surface area contributed by atoms with Crippen molar-refractivity contribution in [1.29, 1.82) is 0 Å². The van der Waals surface area contributed by atoms with Gasteiger partial charge in [-0.25, -0.2) is 4.98 Å². The number of hydrogen-bond donors (Lipinski definition) is 3. The average molecular weight is 366 g/mol. The van der Waals surface area contributed by atoms with E-state index in [0.717, 1.165) is 16.7 Å². The van der Waals surface area contributed by atoms with E-state index in [-0.39, 0.29) is 23.3 Å². The minimum Gasteiger partial charge on any atom is -0.504 e. The van der Waals surface area contributed by atoms with Crippen molar-refractivity contribution in [1.82, 2.24) is 4.98 Å². The number of phenols is 2. The molecule has 0 saturated heterocycles. The molecule has 1 heterocycles. The molecular weight excluding hydrogens is 348 g/mol. The molecule has 2 aromatic carbocycles. The lowest BCUT2D eigenvalue weighted by Gasteiger charge is -2.30. The number of thiazole rings is 1. The van der Waals surface area contributed by atoms with Crippen molar-refractivity contribution in [3.05, 3.63) is 70.7 Å². The van der Waals surface area contributed by atoms with Gasteiger partial charge in [-0.05, 0) is 42.2 Å². The van der Waals surface area contributed by atoms with Gasteiger partial charge in [0.1, 0.15) is 0 Å². The quantitative estimate of drug-likeness (QED) is 0.614. The third-order valence-corrected chi connectivity index (χ3v) is 5.74. The number of aromatic hydroxyl groups is 2. The summed E-state index contributed by atoms with van der Waals surface area (Å²) in [6, 6.07) is 12.9. The zero-order valence-corrected chi connectivity index (χ0v) is 15.0. The number of carbonyl (C=O) groups excluding carboxylic acids is 1. The first-order valence-corrected chi connectivity index (χ1v) is 9.17. The van der Waals surface area contributed by atoms with Crippen LogP contribution in [0.5, 0.6) is 11.5 Å². The highest BCUT2D eigenvalue weighted by Crippen LogP contribution is 2.53. The lowest BCUT2D eigenvalue weighted by Crippen LogP contribution is -2.37. The first-order chi connectivity index (χ1) is 12.5. The first kappa shape index (κ1) is 16.6. The van der Waals surface area contributed by atoms with E-state index in [4.69, 9.17) is 0 Å². The molecule has 0 saturated carbocycles. The second-order valence-corrected chi connectivity index (χ2v) is 7.66. The summed E-state index contributed by atoms with van der Waals surface area (Å²) < 4.78 is 0. The second kappa shape index (κ2) is 6.14. The number of benzene rings is 2. The molecule has 26 heavy (non-hydrogen) atoms. The van der Waals surface area contributed by atoms with Crippen LogP contribution in [0.1, 0.15) is 29.5 Å². The Kier molecular flexibility index (Phi) is 3.92. The van der Waals surface area contributed by atoms with Crippen LogP contribution in [0, 0.1) is 5.41 Å². The summed E-state index contributed by atoms with van der Waals surface area (Å²) in [6.07, 6.45) is 2.11. The largest absolute Gasteiger partial charge is 0.504 e. The van der Waals surface area contributed by atoms with Crippen molar-refractivity contribution in [2.75, 3.05) is 5.32 Å². The van der Waals surface area contributed by atoms with Crippen LogP contribution in [0.25, 0.3) is 0 Å². The van der Waals surface area contributed by atoms with Gasteiger partial charge in [0.25, 0.3) is 0 Å². The average Bonchev–Trinajstić information content (AvgIpc) is 3.22. The maximum atomic E-state index is 13.2. The number of nitrogens with one attached hydrogen (secondary N) is 1. The summed E-state index contributed by atoms with van der Waals surface area (Å²) in [5.74, 6) is -0.698. The van der Waals surface area contributed by atoms with Crippen molar-refractivity contribution in [3.8, 4) is 11.5 Å². The normalized spacial score (nSPS) is 21.3. The maximum absolute atomic E-state index is 13.2. The molecule has 0 unspecified atom stereocenters. The van der Waals surface area contributed by atoms with Crippen LogP contribution in [0.3, 0.4) is 0 Å². The van der Waals surface area contributed by atoms with Gasteiger partial charge in [0.15, 0.2) is 16.6 Å². The maximum Gasteiger partial charge on any atom is 0.233 e. The van der Waals surface area contributed by atoms with Crippen molar-refractivity contribution < 1.29 is 15.0 Å². The van der Waals surface area contributed by atoms with Gasteiger partial charge in [0.2, 0.25) is 5.91 Å². The fourth-order valence-corrected chi connectivity index (χ4v) is 4.35. The number of fused-ring (bicyclic) bond motifs is 1. The Morgan fingerprint density at radius 3 is 2.65 bits per heavy atom. The number of carbonyl (C=O) groups is 1. The van der Waals surface area contributed by atoms with E-state index in [0.29, 0.717) is 11.6 Å². The van der Waals surface area contributed by atoms with Crippen LogP contribution in [0.4, 0.5) is 5.13 Å².